The number of anilines is 1. The Morgan fingerprint density at radius 1 is 1.30 bits per heavy atom. The number of aryl methyl sites for hydroxylation is 1. The zero-order valence-electron chi connectivity index (χ0n) is 13.0. The third kappa shape index (κ3) is 6.06. The Kier molecular flexibility index (Phi) is 7.09. The zero-order chi connectivity index (χ0) is 15.0. The number of amides is 1. The summed E-state index contributed by atoms with van der Waals surface area (Å²) >= 11 is 0. The lowest BCUT2D eigenvalue weighted by Gasteiger charge is -2.12. The van der Waals surface area contributed by atoms with Gasteiger partial charge < -0.3 is 15.4 Å². The molecule has 0 atom stereocenters. The van der Waals surface area contributed by atoms with E-state index in [0.717, 1.165) is 12.1 Å². The van der Waals surface area contributed by atoms with Gasteiger partial charge in [-0.3, -0.25) is 4.79 Å². The van der Waals surface area contributed by atoms with Gasteiger partial charge in [-0.15, -0.1) is 0 Å². The van der Waals surface area contributed by atoms with Crippen molar-refractivity contribution in [3.05, 3.63) is 29.3 Å². The zero-order valence-corrected chi connectivity index (χ0v) is 13.0. The topological polar surface area (TPSA) is 50.4 Å². The summed E-state index contributed by atoms with van der Waals surface area (Å²) in [4.78, 5) is 11.7. The van der Waals surface area contributed by atoms with E-state index in [2.05, 4.69) is 30.5 Å². The molecule has 2 N–H and O–H groups in total. The van der Waals surface area contributed by atoms with Crippen LogP contribution in [0.2, 0.25) is 0 Å². The number of hydrogen-bond donors (Lipinski definition) is 2. The fourth-order valence-electron chi connectivity index (χ4n) is 1.80. The maximum absolute atomic E-state index is 11.7. The summed E-state index contributed by atoms with van der Waals surface area (Å²) in [7, 11) is 0. The lowest BCUT2D eigenvalue weighted by Crippen LogP contribution is -2.31. The first kappa shape index (κ1) is 16.5. The van der Waals surface area contributed by atoms with Gasteiger partial charge in [0, 0.05) is 18.8 Å². The van der Waals surface area contributed by atoms with Crippen molar-refractivity contribution in [2.75, 3.05) is 25.0 Å². The van der Waals surface area contributed by atoms with E-state index in [9.17, 15) is 4.79 Å². The van der Waals surface area contributed by atoms with Crippen LogP contribution in [0.4, 0.5) is 5.69 Å². The SMILES string of the molecule is Cc1cccc(NCC(=O)NCCCOC(C)C)c1C. The predicted octanol–water partition coefficient (Wildman–Crippen LogP) is 2.65. The van der Waals surface area contributed by atoms with Crippen LogP contribution in [0.15, 0.2) is 18.2 Å². The van der Waals surface area contributed by atoms with E-state index in [0.29, 0.717) is 19.7 Å². The van der Waals surface area contributed by atoms with E-state index < -0.39 is 0 Å². The lowest BCUT2D eigenvalue weighted by molar-refractivity contribution is -0.119. The van der Waals surface area contributed by atoms with Crippen LogP contribution in [0.1, 0.15) is 31.4 Å². The highest BCUT2D eigenvalue weighted by Gasteiger charge is 2.03. The number of hydrogen-bond acceptors (Lipinski definition) is 3. The molecular weight excluding hydrogens is 252 g/mol. The molecule has 0 aliphatic rings. The molecule has 1 amide bonds. The Hall–Kier alpha value is -1.55. The first-order valence-corrected chi connectivity index (χ1v) is 7.19. The van der Waals surface area contributed by atoms with E-state index in [4.69, 9.17) is 4.74 Å². The second-order valence-corrected chi connectivity index (χ2v) is 5.22. The van der Waals surface area contributed by atoms with Gasteiger partial charge in [-0.1, -0.05) is 12.1 Å². The van der Waals surface area contributed by atoms with Crippen LogP contribution < -0.4 is 10.6 Å². The predicted molar refractivity (Wildman–Crippen MR) is 83.1 cm³/mol. The first-order valence-electron chi connectivity index (χ1n) is 7.19. The summed E-state index contributed by atoms with van der Waals surface area (Å²) in [6, 6.07) is 6.05. The second-order valence-electron chi connectivity index (χ2n) is 5.22. The Morgan fingerprint density at radius 3 is 2.75 bits per heavy atom. The molecule has 0 fully saturated rings. The van der Waals surface area contributed by atoms with Gasteiger partial charge in [0.25, 0.3) is 0 Å². The molecule has 1 aromatic rings. The molecule has 0 saturated heterocycles. The number of carbonyl (C=O) groups excluding carboxylic acids is 1. The second kappa shape index (κ2) is 8.59. The summed E-state index contributed by atoms with van der Waals surface area (Å²) in [5, 5.41) is 6.05. The highest BCUT2D eigenvalue weighted by Crippen LogP contribution is 2.17. The molecule has 0 radical (unpaired) electrons. The largest absolute Gasteiger partial charge is 0.379 e. The minimum Gasteiger partial charge on any atom is -0.379 e. The van der Waals surface area contributed by atoms with Gasteiger partial charge in [0.2, 0.25) is 5.91 Å². The van der Waals surface area contributed by atoms with Gasteiger partial charge in [-0.25, -0.2) is 0 Å². The highest BCUT2D eigenvalue weighted by atomic mass is 16.5. The van der Waals surface area contributed by atoms with Gasteiger partial charge >= 0.3 is 0 Å². The van der Waals surface area contributed by atoms with Crippen LogP contribution in [0.5, 0.6) is 0 Å². The van der Waals surface area contributed by atoms with Crippen molar-refractivity contribution in [2.45, 2.75) is 40.2 Å². The van der Waals surface area contributed by atoms with Crippen molar-refractivity contribution in [3.8, 4) is 0 Å². The Balaban J connectivity index is 2.21. The minimum absolute atomic E-state index is 0.00968. The molecule has 0 aliphatic carbocycles. The molecule has 0 spiro atoms. The first-order chi connectivity index (χ1) is 9.50. The van der Waals surface area contributed by atoms with Crippen molar-refractivity contribution >= 4 is 11.6 Å². The molecule has 20 heavy (non-hydrogen) atoms. The smallest absolute Gasteiger partial charge is 0.239 e. The third-order valence-electron chi connectivity index (χ3n) is 3.14. The molecular formula is C16H26N2O2. The van der Waals surface area contributed by atoms with E-state index >= 15 is 0 Å². The standard InChI is InChI=1S/C16H26N2O2/c1-12(2)20-10-6-9-17-16(19)11-18-15-8-5-7-13(3)14(15)4/h5,7-8,12,18H,6,9-11H2,1-4H3,(H,17,19). The molecule has 0 heterocycles. The van der Waals surface area contributed by atoms with Crippen LogP contribution in [0.25, 0.3) is 0 Å². The van der Waals surface area contributed by atoms with E-state index in [1.165, 1.54) is 11.1 Å². The molecule has 0 bridgehead atoms. The van der Waals surface area contributed by atoms with Crippen molar-refractivity contribution < 1.29 is 9.53 Å². The van der Waals surface area contributed by atoms with Crippen molar-refractivity contribution in [2.24, 2.45) is 0 Å². The van der Waals surface area contributed by atoms with Gasteiger partial charge in [0.05, 0.1) is 12.6 Å². The van der Waals surface area contributed by atoms with Gasteiger partial charge in [-0.05, 0) is 51.3 Å². The number of rotatable bonds is 8. The summed E-state index contributed by atoms with van der Waals surface area (Å²) in [6.45, 7) is 9.77. The third-order valence-corrected chi connectivity index (χ3v) is 3.14. The fraction of sp³-hybridized carbons (Fsp3) is 0.562. The van der Waals surface area contributed by atoms with Gasteiger partial charge in [0.15, 0.2) is 0 Å². The average molecular weight is 278 g/mol. The van der Waals surface area contributed by atoms with E-state index in [-0.39, 0.29) is 12.0 Å². The normalized spacial score (nSPS) is 10.7. The number of nitrogens with one attached hydrogen (secondary N) is 2. The van der Waals surface area contributed by atoms with E-state index in [1.807, 2.05) is 26.0 Å². The summed E-state index contributed by atoms with van der Waals surface area (Å²) in [6.07, 6.45) is 1.09. The average Bonchev–Trinajstić information content (AvgIpc) is 2.39. The molecule has 1 rings (SSSR count). The van der Waals surface area contributed by atoms with E-state index in [1.54, 1.807) is 0 Å². The molecule has 0 aliphatic heterocycles. The molecule has 0 saturated carbocycles. The van der Waals surface area contributed by atoms with Crippen LogP contribution in [0, 0.1) is 13.8 Å². The quantitative estimate of drug-likeness (QED) is 0.719. The van der Waals surface area contributed by atoms with Crippen LogP contribution in [-0.4, -0.2) is 31.7 Å². The van der Waals surface area contributed by atoms with Crippen LogP contribution in [-0.2, 0) is 9.53 Å². The number of ether oxygens (including phenoxy) is 1. The number of carbonyl (C=O) groups is 1. The Morgan fingerprint density at radius 2 is 2.05 bits per heavy atom. The Bertz CT molecular complexity index is 430. The molecule has 4 heteroatoms. The Labute approximate surface area is 121 Å². The van der Waals surface area contributed by atoms with Gasteiger partial charge in [-0.2, -0.15) is 0 Å². The highest BCUT2D eigenvalue weighted by molar-refractivity contribution is 5.81. The summed E-state index contributed by atoms with van der Waals surface area (Å²) in [5.41, 5.74) is 3.43. The molecule has 1 aromatic carbocycles. The summed E-state index contributed by atoms with van der Waals surface area (Å²) in [5.74, 6) is 0.00968. The molecule has 4 nitrogen and oxygen atoms in total. The maximum Gasteiger partial charge on any atom is 0.239 e. The summed E-state index contributed by atoms with van der Waals surface area (Å²) < 4.78 is 5.41. The van der Waals surface area contributed by atoms with Crippen LogP contribution in [0.3, 0.4) is 0 Å². The fourth-order valence-corrected chi connectivity index (χ4v) is 1.80. The molecule has 0 aromatic heterocycles. The minimum atomic E-state index is 0.00968. The number of benzene rings is 1. The van der Waals surface area contributed by atoms with Crippen LogP contribution >= 0.6 is 0 Å². The van der Waals surface area contributed by atoms with Crippen molar-refractivity contribution in [3.63, 3.8) is 0 Å². The monoisotopic (exact) mass is 278 g/mol. The lowest BCUT2D eigenvalue weighted by atomic mass is 10.1. The van der Waals surface area contributed by atoms with Gasteiger partial charge in [0.1, 0.15) is 0 Å². The molecule has 0 unspecified atom stereocenters. The molecule has 112 valence electrons. The van der Waals surface area contributed by atoms with Crippen molar-refractivity contribution in [1.82, 2.24) is 5.32 Å². The maximum atomic E-state index is 11.7. The van der Waals surface area contributed by atoms with Crippen molar-refractivity contribution in [1.29, 1.82) is 0 Å².